The quantitative estimate of drug-likeness (QED) is 0.482. The van der Waals surface area contributed by atoms with Crippen LogP contribution in [0.2, 0.25) is 0 Å². The molecule has 1 aromatic rings. The van der Waals surface area contributed by atoms with E-state index in [-0.39, 0.29) is 22.7 Å². The van der Waals surface area contributed by atoms with Gasteiger partial charge in [-0.05, 0) is 32.8 Å². The topological polar surface area (TPSA) is 89.8 Å². The number of esters is 1. The third-order valence-electron chi connectivity index (χ3n) is 3.77. The van der Waals surface area contributed by atoms with E-state index < -0.39 is 17.0 Å². The molecular formula is C15H18N2O5. The van der Waals surface area contributed by atoms with Crippen molar-refractivity contribution in [2.24, 2.45) is 0 Å². The molecule has 1 heterocycles. The molecule has 0 radical (unpaired) electrons. The first-order chi connectivity index (χ1) is 10.4. The second-order valence-electron chi connectivity index (χ2n) is 5.29. The normalized spacial score (nSPS) is 15.5. The number of carbonyl (C=O) groups is 2. The highest BCUT2D eigenvalue weighted by Crippen LogP contribution is 2.22. The lowest BCUT2D eigenvalue weighted by Gasteiger charge is -2.20. The first-order valence-electron chi connectivity index (χ1n) is 7.15. The first-order valence-corrected chi connectivity index (χ1v) is 7.15. The molecule has 0 aromatic heterocycles. The van der Waals surface area contributed by atoms with E-state index >= 15 is 0 Å². The number of rotatable bonds is 4. The Bertz CT molecular complexity index is 608. The van der Waals surface area contributed by atoms with Gasteiger partial charge in [0.2, 0.25) is 0 Å². The van der Waals surface area contributed by atoms with Gasteiger partial charge in [-0.15, -0.1) is 0 Å². The van der Waals surface area contributed by atoms with Crippen molar-refractivity contribution in [3.8, 4) is 0 Å². The molecule has 1 atom stereocenters. The summed E-state index contributed by atoms with van der Waals surface area (Å²) in [5, 5.41) is 10.9. The Morgan fingerprint density at radius 2 is 1.95 bits per heavy atom. The fourth-order valence-corrected chi connectivity index (χ4v) is 2.51. The lowest BCUT2D eigenvalue weighted by Crippen LogP contribution is -2.38. The van der Waals surface area contributed by atoms with E-state index in [0.29, 0.717) is 13.1 Å². The maximum Gasteiger partial charge on any atom is 0.339 e. The van der Waals surface area contributed by atoms with Gasteiger partial charge in [0, 0.05) is 24.7 Å². The molecule has 0 bridgehead atoms. The molecule has 0 spiro atoms. The Balaban J connectivity index is 2.10. The smallest absolute Gasteiger partial charge is 0.339 e. The van der Waals surface area contributed by atoms with Gasteiger partial charge < -0.3 is 9.64 Å². The number of hydrogen-bond acceptors (Lipinski definition) is 5. The minimum Gasteiger partial charge on any atom is -0.449 e. The fourth-order valence-electron chi connectivity index (χ4n) is 2.51. The molecule has 22 heavy (non-hydrogen) atoms. The summed E-state index contributed by atoms with van der Waals surface area (Å²) < 4.78 is 5.17. The molecule has 118 valence electrons. The standard InChI is InChI=1S/C15H18N2O5/c1-10-12(6-5-7-13(10)17(20)21)15(19)22-11(2)14(18)16-8-3-4-9-16/h5-7,11H,3-4,8-9H2,1-2H3/t11-/m1/s1. The Hall–Kier alpha value is -2.44. The number of nitro groups is 1. The van der Waals surface area contributed by atoms with E-state index in [2.05, 4.69) is 0 Å². The minimum absolute atomic E-state index is 0.107. The van der Waals surface area contributed by atoms with Crippen LogP contribution >= 0.6 is 0 Å². The van der Waals surface area contributed by atoms with Crippen molar-refractivity contribution >= 4 is 17.6 Å². The third-order valence-corrected chi connectivity index (χ3v) is 3.77. The second-order valence-corrected chi connectivity index (χ2v) is 5.29. The number of benzene rings is 1. The summed E-state index contributed by atoms with van der Waals surface area (Å²) in [6.07, 6.45) is 1.01. The van der Waals surface area contributed by atoms with Crippen molar-refractivity contribution in [2.45, 2.75) is 32.8 Å². The average molecular weight is 306 g/mol. The van der Waals surface area contributed by atoms with E-state index in [4.69, 9.17) is 4.74 Å². The number of ether oxygens (including phenoxy) is 1. The van der Waals surface area contributed by atoms with Crippen LogP contribution in [0.3, 0.4) is 0 Å². The zero-order chi connectivity index (χ0) is 16.3. The molecular weight excluding hydrogens is 288 g/mol. The van der Waals surface area contributed by atoms with Gasteiger partial charge in [-0.3, -0.25) is 14.9 Å². The number of amides is 1. The van der Waals surface area contributed by atoms with Crippen LogP contribution in [0.15, 0.2) is 18.2 Å². The summed E-state index contributed by atoms with van der Waals surface area (Å²) in [4.78, 5) is 36.3. The highest BCUT2D eigenvalue weighted by Gasteiger charge is 2.27. The van der Waals surface area contributed by atoms with Crippen LogP contribution in [-0.2, 0) is 9.53 Å². The van der Waals surface area contributed by atoms with E-state index in [1.165, 1.54) is 32.0 Å². The van der Waals surface area contributed by atoms with Crippen molar-refractivity contribution < 1.29 is 19.2 Å². The van der Waals surface area contributed by atoms with Crippen LogP contribution in [0, 0.1) is 17.0 Å². The number of nitrogens with zero attached hydrogens (tertiary/aromatic N) is 2. The molecule has 1 amide bonds. The molecule has 1 fully saturated rings. The summed E-state index contributed by atoms with van der Waals surface area (Å²) in [5.41, 5.74) is 0.196. The van der Waals surface area contributed by atoms with E-state index in [0.717, 1.165) is 12.8 Å². The monoisotopic (exact) mass is 306 g/mol. The van der Waals surface area contributed by atoms with Gasteiger partial charge in [0.1, 0.15) is 0 Å². The van der Waals surface area contributed by atoms with Crippen molar-refractivity contribution in [3.63, 3.8) is 0 Å². The van der Waals surface area contributed by atoms with Crippen LogP contribution in [0.4, 0.5) is 5.69 Å². The van der Waals surface area contributed by atoms with Gasteiger partial charge in [-0.25, -0.2) is 4.79 Å². The summed E-state index contributed by atoms with van der Waals surface area (Å²) >= 11 is 0. The lowest BCUT2D eigenvalue weighted by molar-refractivity contribution is -0.385. The highest BCUT2D eigenvalue weighted by molar-refractivity contribution is 5.94. The van der Waals surface area contributed by atoms with Crippen molar-refractivity contribution in [3.05, 3.63) is 39.4 Å². The second kappa shape index (κ2) is 6.55. The largest absolute Gasteiger partial charge is 0.449 e. The number of nitro benzene ring substituents is 1. The zero-order valence-electron chi connectivity index (χ0n) is 12.6. The number of likely N-dealkylation sites (tertiary alicyclic amines) is 1. The van der Waals surface area contributed by atoms with Crippen molar-refractivity contribution in [1.82, 2.24) is 4.90 Å². The Morgan fingerprint density at radius 3 is 2.55 bits per heavy atom. The Kier molecular flexibility index (Phi) is 4.75. The summed E-state index contributed by atoms with van der Waals surface area (Å²) in [6.45, 7) is 4.36. The van der Waals surface area contributed by atoms with Crippen LogP contribution in [0.1, 0.15) is 35.7 Å². The third kappa shape index (κ3) is 3.24. The molecule has 0 aliphatic carbocycles. The summed E-state index contributed by atoms with van der Waals surface area (Å²) in [5.74, 6) is -0.949. The van der Waals surface area contributed by atoms with Gasteiger partial charge in [0.15, 0.2) is 6.10 Å². The number of carbonyl (C=O) groups excluding carboxylic acids is 2. The van der Waals surface area contributed by atoms with Crippen molar-refractivity contribution in [1.29, 1.82) is 0 Å². The summed E-state index contributed by atoms with van der Waals surface area (Å²) in [7, 11) is 0. The molecule has 1 saturated heterocycles. The van der Waals surface area contributed by atoms with E-state index in [1.807, 2.05) is 0 Å². The molecule has 7 heteroatoms. The molecule has 0 N–H and O–H groups in total. The summed E-state index contributed by atoms with van der Waals surface area (Å²) in [6, 6.07) is 4.21. The van der Waals surface area contributed by atoms with Crippen molar-refractivity contribution in [2.75, 3.05) is 13.1 Å². The predicted molar refractivity (Wildman–Crippen MR) is 78.5 cm³/mol. The molecule has 1 aromatic carbocycles. The van der Waals surface area contributed by atoms with Gasteiger partial charge >= 0.3 is 5.97 Å². The molecule has 2 rings (SSSR count). The molecule has 7 nitrogen and oxygen atoms in total. The average Bonchev–Trinajstić information content (AvgIpc) is 3.00. The fraction of sp³-hybridized carbons (Fsp3) is 0.467. The van der Waals surface area contributed by atoms with Crippen LogP contribution in [0.25, 0.3) is 0 Å². The van der Waals surface area contributed by atoms with E-state index in [9.17, 15) is 19.7 Å². The maximum absolute atomic E-state index is 12.2. The van der Waals surface area contributed by atoms with Gasteiger partial charge in [0.25, 0.3) is 11.6 Å². The van der Waals surface area contributed by atoms with Gasteiger partial charge in [0.05, 0.1) is 10.5 Å². The van der Waals surface area contributed by atoms with Crippen LogP contribution < -0.4 is 0 Å². The predicted octanol–water partition coefficient (Wildman–Crippen LogP) is 2.07. The van der Waals surface area contributed by atoms with E-state index in [1.54, 1.807) is 4.90 Å². The number of hydrogen-bond donors (Lipinski definition) is 0. The Morgan fingerprint density at radius 1 is 1.32 bits per heavy atom. The molecule has 1 aliphatic rings. The van der Waals surface area contributed by atoms with Crippen LogP contribution in [-0.4, -0.2) is 40.9 Å². The molecule has 0 saturated carbocycles. The van der Waals surface area contributed by atoms with Crippen LogP contribution in [0.5, 0.6) is 0 Å². The highest BCUT2D eigenvalue weighted by atomic mass is 16.6. The Labute approximate surface area is 128 Å². The maximum atomic E-state index is 12.2. The molecule has 1 aliphatic heterocycles. The first kappa shape index (κ1) is 15.9. The van der Waals surface area contributed by atoms with Gasteiger partial charge in [-0.2, -0.15) is 0 Å². The zero-order valence-corrected chi connectivity index (χ0v) is 12.6. The van der Waals surface area contributed by atoms with Gasteiger partial charge in [-0.1, -0.05) is 6.07 Å². The SMILES string of the molecule is Cc1c(C(=O)O[C@H](C)C(=O)N2CCCC2)cccc1[N+](=O)[O-]. The molecule has 0 unspecified atom stereocenters. The minimum atomic E-state index is -0.899. The lowest BCUT2D eigenvalue weighted by atomic mass is 10.1.